The van der Waals surface area contributed by atoms with Crippen molar-refractivity contribution in [2.45, 2.75) is 17.6 Å². The molecule has 0 amide bonds. The van der Waals surface area contributed by atoms with Gasteiger partial charge in [0.15, 0.2) is 0 Å². The molecule has 0 radical (unpaired) electrons. The first-order valence-electron chi connectivity index (χ1n) is 7.21. The third kappa shape index (κ3) is 4.43. The van der Waals surface area contributed by atoms with Crippen LogP contribution in [0, 0.1) is 6.92 Å². The molecule has 1 aromatic heterocycles. The van der Waals surface area contributed by atoms with Gasteiger partial charge in [-0.1, -0.05) is 35.9 Å². The van der Waals surface area contributed by atoms with Crippen LogP contribution in [0.25, 0.3) is 0 Å². The molecule has 3 aromatic rings. The van der Waals surface area contributed by atoms with Crippen molar-refractivity contribution >= 4 is 29.3 Å². The molecule has 0 spiro atoms. The fourth-order valence-corrected chi connectivity index (χ4v) is 2.93. The van der Waals surface area contributed by atoms with E-state index in [2.05, 4.69) is 45.4 Å². The second kappa shape index (κ2) is 7.11. The van der Waals surface area contributed by atoms with Crippen molar-refractivity contribution in [1.29, 1.82) is 0 Å². The third-order valence-corrected chi connectivity index (χ3v) is 4.08. The zero-order chi connectivity index (χ0) is 16.1. The maximum absolute atomic E-state index is 5.79. The maximum atomic E-state index is 5.79. The Labute approximate surface area is 139 Å². The fraction of sp³-hybridized carbons (Fsp3) is 0.118. The Morgan fingerprint density at radius 3 is 2.61 bits per heavy atom. The number of anilines is 3. The standard InChI is InChI=1S/C17H17N5S/c1-12-6-5-9-14(10-12)23-11-15-20-16(18)22-17(21-15)19-13-7-3-2-4-8-13/h2-10H,11H2,1H3,(H3,18,19,20,21,22). The summed E-state index contributed by atoms with van der Waals surface area (Å²) in [6.07, 6.45) is 0. The number of para-hydroxylation sites is 1. The first kappa shape index (κ1) is 15.3. The number of benzene rings is 2. The highest BCUT2D eigenvalue weighted by Gasteiger charge is 2.06. The highest BCUT2D eigenvalue weighted by Crippen LogP contribution is 2.23. The number of nitrogens with two attached hydrogens (primary N) is 1. The van der Waals surface area contributed by atoms with E-state index in [0.717, 1.165) is 5.69 Å². The summed E-state index contributed by atoms with van der Waals surface area (Å²) in [6, 6.07) is 18.1. The Morgan fingerprint density at radius 1 is 1.00 bits per heavy atom. The average molecular weight is 323 g/mol. The van der Waals surface area contributed by atoms with Crippen LogP contribution < -0.4 is 11.1 Å². The van der Waals surface area contributed by atoms with Gasteiger partial charge >= 0.3 is 0 Å². The Balaban J connectivity index is 1.72. The molecule has 0 atom stereocenters. The molecule has 1 heterocycles. The fourth-order valence-electron chi connectivity index (χ4n) is 2.06. The zero-order valence-corrected chi connectivity index (χ0v) is 13.5. The van der Waals surface area contributed by atoms with Gasteiger partial charge in [0.25, 0.3) is 0 Å². The lowest BCUT2D eigenvalue weighted by Crippen LogP contribution is -2.06. The molecule has 0 fully saturated rings. The number of hydrogen-bond acceptors (Lipinski definition) is 6. The molecule has 5 nitrogen and oxygen atoms in total. The second-order valence-corrected chi connectivity index (χ2v) is 6.08. The number of hydrogen-bond donors (Lipinski definition) is 2. The van der Waals surface area contributed by atoms with Gasteiger partial charge in [0.05, 0.1) is 5.75 Å². The predicted molar refractivity (Wildman–Crippen MR) is 94.7 cm³/mol. The minimum Gasteiger partial charge on any atom is -0.368 e. The molecule has 116 valence electrons. The van der Waals surface area contributed by atoms with E-state index in [1.807, 2.05) is 36.4 Å². The molecular formula is C17H17N5S. The Hall–Kier alpha value is -2.60. The monoisotopic (exact) mass is 323 g/mol. The predicted octanol–water partition coefficient (Wildman–Crippen LogP) is 3.80. The third-order valence-electron chi connectivity index (χ3n) is 3.09. The van der Waals surface area contributed by atoms with Crippen molar-refractivity contribution in [1.82, 2.24) is 15.0 Å². The van der Waals surface area contributed by atoms with Gasteiger partial charge in [-0.2, -0.15) is 15.0 Å². The summed E-state index contributed by atoms with van der Waals surface area (Å²) in [5, 5.41) is 3.14. The van der Waals surface area contributed by atoms with Gasteiger partial charge in [0, 0.05) is 10.6 Å². The molecule has 23 heavy (non-hydrogen) atoms. The van der Waals surface area contributed by atoms with Crippen molar-refractivity contribution in [3.63, 3.8) is 0 Å². The Kier molecular flexibility index (Phi) is 4.73. The van der Waals surface area contributed by atoms with Crippen LogP contribution in [0.15, 0.2) is 59.5 Å². The van der Waals surface area contributed by atoms with Crippen LogP contribution in [-0.4, -0.2) is 15.0 Å². The van der Waals surface area contributed by atoms with Gasteiger partial charge in [0.1, 0.15) is 5.82 Å². The van der Waals surface area contributed by atoms with Crippen molar-refractivity contribution < 1.29 is 0 Å². The van der Waals surface area contributed by atoms with Crippen LogP contribution in [0.3, 0.4) is 0 Å². The molecular weight excluding hydrogens is 306 g/mol. The average Bonchev–Trinajstić information content (AvgIpc) is 2.53. The number of aryl methyl sites for hydroxylation is 1. The molecule has 2 aromatic carbocycles. The minimum atomic E-state index is 0.221. The summed E-state index contributed by atoms with van der Waals surface area (Å²) in [4.78, 5) is 14.0. The number of nitrogens with one attached hydrogen (secondary N) is 1. The second-order valence-electron chi connectivity index (χ2n) is 5.03. The number of thioether (sulfide) groups is 1. The molecule has 3 rings (SSSR count). The molecule has 6 heteroatoms. The molecule has 3 N–H and O–H groups in total. The van der Waals surface area contributed by atoms with Gasteiger partial charge < -0.3 is 11.1 Å². The van der Waals surface area contributed by atoms with E-state index >= 15 is 0 Å². The highest BCUT2D eigenvalue weighted by atomic mass is 32.2. The largest absolute Gasteiger partial charge is 0.368 e. The van der Waals surface area contributed by atoms with Gasteiger partial charge in [0.2, 0.25) is 11.9 Å². The lowest BCUT2D eigenvalue weighted by molar-refractivity contribution is 0.982. The van der Waals surface area contributed by atoms with Crippen molar-refractivity contribution in [3.05, 3.63) is 66.0 Å². The van der Waals surface area contributed by atoms with Crippen LogP contribution in [0.4, 0.5) is 17.6 Å². The first-order valence-corrected chi connectivity index (χ1v) is 8.19. The van der Waals surface area contributed by atoms with Crippen molar-refractivity contribution in [2.75, 3.05) is 11.1 Å². The lowest BCUT2D eigenvalue weighted by Gasteiger charge is -2.07. The van der Waals surface area contributed by atoms with Crippen LogP contribution in [0.2, 0.25) is 0 Å². The number of rotatable bonds is 5. The SMILES string of the molecule is Cc1cccc(SCc2nc(N)nc(Nc3ccccc3)n2)c1. The van der Waals surface area contributed by atoms with E-state index in [1.54, 1.807) is 11.8 Å². The molecule has 0 saturated carbocycles. The zero-order valence-electron chi connectivity index (χ0n) is 12.7. The summed E-state index contributed by atoms with van der Waals surface area (Å²) in [5.74, 6) is 1.98. The Bertz CT molecular complexity index is 792. The Morgan fingerprint density at radius 2 is 1.83 bits per heavy atom. The van der Waals surface area contributed by atoms with Crippen LogP contribution in [0.1, 0.15) is 11.4 Å². The van der Waals surface area contributed by atoms with Gasteiger partial charge in [-0.05, 0) is 31.2 Å². The summed E-state index contributed by atoms with van der Waals surface area (Å²) in [7, 11) is 0. The number of nitrogen functional groups attached to an aromatic ring is 1. The van der Waals surface area contributed by atoms with Crippen LogP contribution in [0.5, 0.6) is 0 Å². The number of nitrogens with zero attached hydrogens (tertiary/aromatic N) is 3. The highest BCUT2D eigenvalue weighted by molar-refractivity contribution is 7.98. The van der Waals surface area contributed by atoms with E-state index in [4.69, 9.17) is 5.73 Å². The molecule has 0 aliphatic carbocycles. The van der Waals surface area contributed by atoms with Crippen molar-refractivity contribution in [3.8, 4) is 0 Å². The molecule has 0 aliphatic rings. The van der Waals surface area contributed by atoms with E-state index < -0.39 is 0 Å². The topological polar surface area (TPSA) is 76.7 Å². The summed E-state index contributed by atoms with van der Waals surface area (Å²) in [6.45, 7) is 2.08. The normalized spacial score (nSPS) is 10.5. The number of aromatic nitrogens is 3. The van der Waals surface area contributed by atoms with E-state index in [9.17, 15) is 0 Å². The van der Waals surface area contributed by atoms with E-state index in [0.29, 0.717) is 17.5 Å². The van der Waals surface area contributed by atoms with Crippen LogP contribution in [-0.2, 0) is 5.75 Å². The lowest BCUT2D eigenvalue weighted by atomic mass is 10.2. The molecule has 0 saturated heterocycles. The van der Waals surface area contributed by atoms with Crippen LogP contribution >= 0.6 is 11.8 Å². The quantitative estimate of drug-likeness (QED) is 0.696. The first-order chi connectivity index (χ1) is 11.2. The summed E-state index contributed by atoms with van der Waals surface area (Å²) < 4.78 is 0. The minimum absolute atomic E-state index is 0.221. The van der Waals surface area contributed by atoms with Crippen molar-refractivity contribution in [2.24, 2.45) is 0 Å². The van der Waals surface area contributed by atoms with Gasteiger partial charge in [-0.3, -0.25) is 0 Å². The van der Waals surface area contributed by atoms with Gasteiger partial charge in [-0.25, -0.2) is 0 Å². The smallest absolute Gasteiger partial charge is 0.232 e. The summed E-state index contributed by atoms with van der Waals surface area (Å²) >= 11 is 1.68. The van der Waals surface area contributed by atoms with E-state index in [1.165, 1.54) is 10.5 Å². The molecule has 0 aliphatic heterocycles. The maximum Gasteiger partial charge on any atom is 0.232 e. The summed E-state index contributed by atoms with van der Waals surface area (Å²) in [5.41, 5.74) is 7.94. The molecule has 0 unspecified atom stereocenters. The van der Waals surface area contributed by atoms with Gasteiger partial charge in [-0.15, -0.1) is 11.8 Å². The molecule has 0 bridgehead atoms. The van der Waals surface area contributed by atoms with E-state index in [-0.39, 0.29) is 5.95 Å².